The molecule has 2 aliphatic rings. The maximum Gasteiger partial charge on any atom is 0.255 e. The first kappa shape index (κ1) is 21.4. The molecule has 0 unspecified atom stereocenters. The minimum atomic E-state index is -0.127. The molecule has 5 rings (SSSR count). The van der Waals surface area contributed by atoms with Crippen LogP contribution < -0.4 is 15.1 Å². The molecule has 0 atom stereocenters. The van der Waals surface area contributed by atoms with Crippen molar-refractivity contribution in [3.8, 4) is 11.3 Å². The summed E-state index contributed by atoms with van der Waals surface area (Å²) in [6, 6.07) is 17.5. The number of hydrogen-bond acceptors (Lipinski definition) is 6. The number of morpholine rings is 1. The topological polar surface area (TPSA) is 70.6 Å². The fourth-order valence-corrected chi connectivity index (χ4v) is 4.33. The largest absolute Gasteiger partial charge is 0.378 e. The van der Waals surface area contributed by atoms with Gasteiger partial charge in [0.1, 0.15) is 0 Å². The maximum atomic E-state index is 12.7. The molecule has 2 fully saturated rings. The zero-order chi connectivity index (χ0) is 22.5. The van der Waals surface area contributed by atoms with Crippen LogP contribution in [0.2, 0.25) is 0 Å². The van der Waals surface area contributed by atoms with E-state index in [4.69, 9.17) is 9.72 Å². The molecule has 2 aliphatic heterocycles. The summed E-state index contributed by atoms with van der Waals surface area (Å²) in [5.74, 6) is 0.659. The van der Waals surface area contributed by atoms with Crippen LogP contribution in [-0.4, -0.2) is 55.3 Å². The normalized spacial score (nSPS) is 16.5. The second kappa shape index (κ2) is 10.0. The fraction of sp³-hybridized carbons (Fsp3) is 0.346. The van der Waals surface area contributed by atoms with Crippen molar-refractivity contribution in [3.05, 3.63) is 66.4 Å². The summed E-state index contributed by atoms with van der Waals surface area (Å²) in [6.45, 7) is 5.31. The maximum absolute atomic E-state index is 12.7. The zero-order valence-corrected chi connectivity index (χ0v) is 18.7. The molecule has 1 aromatic heterocycles. The number of rotatable bonds is 5. The van der Waals surface area contributed by atoms with E-state index in [0.717, 1.165) is 68.0 Å². The van der Waals surface area contributed by atoms with E-state index in [9.17, 15) is 4.79 Å². The Morgan fingerprint density at radius 1 is 0.818 bits per heavy atom. The van der Waals surface area contributed by atoms with Crippen molar-refractivity contribution < 1.29 is 9.53 Å². The number of amides is 1. The lowest BCUT2D eigenvalue weighted by molar-refractivity contribution is 0.102. The number of carbonyl (C=O) groups excluding carboxylic acids is 1. The quantitative estimate of drug-likeness (QED) is 0.637. The van der Waals surface area contributed by atoms with Crippen LogP contribution in [0.1, 0.15) is 29.6 Å². The zero-order valence-electron chi connectivity index (χ0n) is 18.7. The first-order valence-electron chi connectivity index (χ1n) is 11.7. The summed E-state index contributed by atoms with van der Waals surface area (Å²) in [6.07, 6.45) is 5.46. The Hall–Kier alpha value is -3.45. The lowest BCUT2D eigenvalue weighted by Gasteiger charge is -2.28. The van der Waals surface area contributed by atoms with E-state index in [0.29, 0.717) is 5.56 Å². The fourth-order valence-electron chi connectivity index (χ4n) is 4.33. The molecular weight excluding hydrogens is 414 g/mol. The van der Waals surface area contributed by atoms with Crippen LogP contribution in [0.4, 0.5) is 17.3 Å². The van der Waals surface area contributed by atoms with Crippen molar-refractivity contribution in [2.75, 3.05) is 54.5 Å². The van der Waals surface area contributed by atoms with Gasteiger partial charge >= 0.3 is 0 Å². The lowest BCUT2D eigenvalue weighted by atomic mass is 10.1. The predicted octanol–water partition coefficient (Wildman–Crippen LogP) is 4.22. The minimum absolute atomic E-state index is 0.127. The summed E-state index contributed by atoms with van der Waals surface area (Å²) in [4.78, 5) is 26.5. The molecule has 7 nitrogen and oxygen atoms in total. The predicted molar refractivity (Wildman–Crippen MR) is 131 cm³/mol. The number of ether oxygens (including phenoxy) is 1. The third-order valence-electron chi connectivity index (χ3n) is 6.23. The Balaban J connectivity index is 1.23. The van der Waals surface area contributed by atoms with E-state index in [1.807, 2.05) is 60.8 Å². The molecular formula is C26H29N5O2. The molecule has 2 aromatic carbocycles. The molecule has 0 saturated carbocycles. The third-order valence-corrected chi connectivity index (χ3v) is 6.23. The van der Waals surface area contributed by atoms with Gasteiger partial charge in [0.25, 0.3) is 5.91 Å². The SMILES string of the molecule is O=C(Nc1ccc(N2CCOCC2)cc1)c1ccc(-c2ccnc(N3CCCCC3)n2)cc1. The Kier molecular flexibility index (Phi) is 6.48. The highest BCUT2D eigenvalue weighted by molar-refractivity contribution is 6.04. The van der Waals surface area contributed by atoms with Gasteiger partial charge in [0.2, 0.25) is 5.95 Å². The lowest BCUT2D eigenvalue weighted by Crippen LogP contribution is -2.36. The van der Waals surface area contributed by atoms with Crippen LogP contribution in [0.25, 0.3) is 11.3 Å². The minimum Gasteiger partial charge on any atom is -0.378 e. The molecule has 0 radical (unpaired) electrons. The van der Waals surface area contributed by atoms with E-state index in [1.165, 1.54) is 19.3 Å². The van der Waals surface area contributed by atoms with Crippen molar-refractivity contribution in [2.24, 2.45) is 0 Å². The van der Waals surface area contributed by atoms with E-state index in [-0.39, 0.29) is 5.91 Å². The van der Waals surface area contributed by atoms with Gasteiger partial charge in [0.15, 0.2) is 0 Å². The number of benzene rings is 2. The molecule has 2 saturated heterocycles. The van der Waals surface area contributed by atoms with Crippen LogP contribution in [0, 0.1) is 0 Å². The highest BCUT2D eigenvalue weighted by Crippen LogP contribution is 2.23. The van der Waals surface area contributed by atoms with Gasteiger partial charge in [-0.15, -0.1) is 0 Å². The van der Waals surface area contributed by atoms with Gasteiger partial charge in [-0.1, -0.05) is 12.1 Å². The monoisotopic (exact) mass is 443 g/mol. The van der Waals surface area contributed by atoms with Gasteiger partial charge in [0, 0.05) is 54.9 Å². The Morgan fingerprint density at radius 2 is 1.55 bits per heavy atom. The standard InChI is InChI=1S/C26H29N5O2/c32-25(28-22-8-10-23(11-9-22)30-16-18-33-19-17-30)21-6-4-20(5-7-21)24-12-13-27-26(29-24)31-14-2-1-3-15-31/h4-13H,1-3,14-19H2,(H,28,32). The summed E-state index contributed by atoms with van der Waals surface area (Å²) >= 11 is 0. The summed E-state index contributed by atoms with van der Waals surface area (Å²) in [5, 5.41) is 2.99. The molecule has 1 N–H and O–H groups in total. The van der Waals surface area contributed by atoms with Crippen molar-refractivity contribution >= 4 is 23.2 Å². The Labute approximate surface area is 194 Å². The van der Waals surface area contributed by atoms with Crippen LogP contribution in [0.5, 0.6) is 0 Å². The summed E-state index contributed by atoms with van der Waals surface area (Å²) < 4.78 is 5.41. The van der Waals surface area contributed by atoms with Gasteiger partial charge in [-0.2, -0.15) is 0 Å². The van der Waals surface area contributed by atoms with Crippen LogP contribution in [0.15, 0.2) is 60.8 Å². The second-order valence-electron chi connectivity index (χ2n) is 8.47. The number of hydrogen-bond donors (Lipinski definition) is 1. The molecule has 170 valence electrons. The molecule has 0 spiro atoms. The molecule has 0 aliphatic carbocycles. The van der Waals surface area contributed by atoms with Crippen LogP contribution in [-0.2, 0) is 4.74 Å². The molecule has 33 heavy (non-hydrogen) atoms. The van der Waals surface area contributed by atoms with Gasteiger partial charge < -0.3 is 19.9 Å². The third kappa shape index (κ3) is 5.14. The number of aromatic nitrogens is 2. The van der Waals surface area contributed by atoms with E-state index in [1.54, 1.807) is 0 Å². The van der Waals surface area contributed by atoms with Gasteiger partial charge in [-0.05, 0) is 61.7 Å². The Morgan fingerprint density at radius 3 is 2.27 bits per heavy atom. The van der Waals surface area contributed by atoms with Crippen molar-refractivity contribution in [1.82, 2.24) is 9.97 Å². The Bertz CT molecular complexity index is 1070. The van der Waals surface area contributed by atoms with Crippen molar-refractivity contribution in [2.45, 2.75) is 19.3 Å². The van der Waals surface area contributed by atoms with Gasteiger partial charge in [0.05, 0.1) is 18.9 Å². The number of anilines is 3. The number of piperidine rings is 1. The van der Waals surface area contributed by atoms with Crippen LogP contribution in [0.3, 0.4) is 0 Å². The molecule has 7 heteroatoms. The van der Waals surface area contributed by atoms with E-state index < -0.39 is 0 Å². The molecule has 0 bridgehead atoms. The van der Waals surface area contributed by atoms with E-state index in [2.05, 4.69) is 20.1 Å². The number of carbonyl (C=O) groups is 1. The highest BCUT2D eigenvalue weighted by atomic mass is 16.5. The van der Waals surface area contributed by atoms with Crippen molar-refractivity contribution in [3.63, 3.8) is 0 Å². The molecule has 3 heterocycles. The first-order valence-corrected chi connectivity index (χ1v) is 11.7. The molecule has 3 aromatic rings. The van der Waals surface area contributed by atoms with Crippen molar-refractivity contribution in [1.29, 1.82) is 0 Å². The summed E-state index contributed by atoms with van der Waals surface area (Å²) in [7, 11) is 0. The number of nitrogens with one attached hydrogen (secondary N) is 1. The average Bonchev–Trinajstić information content (AvgIpc) is 2.90. The highest BCUT2D eigenvalue weighted by Gasteiger charge is 2.15. The van der Waals surface area contributed by atoms with Gasteiger partial charge in [-0.25, -0.2) is 9.97 Å². The molecule has 1 amide bonds. The number of nitrogens with zero attached hydrogens (tertiary/aromatic N) is 4. The smallest absolute Gasteiger partial charge is 0.255 e. The summed E-state index contributed by atoms with van der Waals surface area (Å²) in [5.41, 5.74) is 4.39. The van der Waals surface area contributed by atoms with Crippen LogP contribution >= 0.6 is 0 Å². The second-order valence-corrected chi connectivity index (χ2v) is 8.47. The first-order chi connectivity index (χ1) is 16.3. The van der Waals surface area contributed by atoms with E-state index >= 15 is 0 Å². The van der Waals surface area contributed by atoms with Gasteiger partial charge in [-0.3, -0.25) is 4.79 Å². The average molecular weight is 444 g/mol.